The Kier molecular flexibility index (Phi) is 5.07. The summed E-state index contributed by atoms with van der Waals surface area (Å²) in [4.78, 5) is 24.5. The van der Waals surface area contributed by atoms with Gasteiger partial charge in [-0.05, 0) is 33.0 Å². The molecule has 0 aromatic carbocycles. The van der Waals surface area contributed by atoms with Gasteiger partial charge < -0.3 is 19.3 Å². The molecule has 23 heavy (non-hydrogen) atoms. The third kappa shape index (κ3) is 3.79. The Morgan fingerprint density at radius 3 is 2.91 bits per heavy atom. The summed E-state index contributed by atoms with van der Waals surface area (Å²) >= 11 is 0. The van der Waals surface area contributed by atoms with Crippen LogP contribution in [-0.2, 0) is 9.53 Å². The van der Waals surface area contributed by atoms with Crippen LogP contribution in [0.4, 0.5) is 0 Å². The van der Waals surface area contributed by atoms with E-state index in [2.05, 4.69) is 9.97 Å². The number of aromatic nitrogens is 2. The third-order valence-electron chi connectivity index (χ3n) is 4.46. The van der Waals surface area contributed by atoms with E-state index in [1.807, 2.05) is 23.9 Å². The lowest BCUT2D eigenvalue weighted by molar-refractivity contribution is -0.147. The van der Waals surface area contributed by atoms with Crippen LogP contribution in [0.1, 0.15) is 12.8 Å². The lowest BCUT2D eigenvalue weighted by atomic mass is 10.0. The maximum absolute atomic E-state index is 12.4. The van der Waals surface area contributed by atoms with E-state index in [4.69, 9.17) is 9.47 Å². The second kappa shape index (κ2) is 7.23. The van der Waals surface area contributed by atoms with Gasteiger partial charge in [0.2, 0.25) is 5.91 Å². The Balaban J connectivity index is 1.58. The molecule has 3 rings (SSSR count). The highest BCUT2D eigenvalue weighted by Gasteiger charge is 2.44. The number of amides is 1. The minimum atomic E-state index is 0.0542. The number of carbonyl (C=O) groups excluding carboxylic acids is 1. The van der Waals surface area contributed by atoms with Crippen LogP contribution in [0.25, 0.3) is 0 Å². The van der Waals surface area contributed by atoms with E-state index in [1.165, 1.54) is 0 Å². The summed E-state index contributed by atoms with van der Waals surface area (Å²) in [5.41, 5.74) is 0. The molecule has 126 valence electrons. The minimum absolute atomic E-state index is 0.0542. The van der Waals surface area contributed by atoms with Gasteiger partial charge in [0.1, 0.15) is 0 Å². The molecule has 7 heteroatoms. The first-order chi connectivity index (χ1) is 11.1. The highest BCUT2D eigenvalue weighted by molar-refractivity contribution is 5.78. The SMILES string of the molecule is CN(C)CC(=O)N1CCO[C@@H]2[C@H](COc3ncccn3)CC[C@@H]21. The van der Waals surface area contributed by atoms with Crippen LogP contribution in [0.3, 0.4) is 0 Å². The van der Waals surface area contributed by atoms with Crippen molar-refractivity contribution in [3.8, 4) is 6.01 Å². The molecule has 0 bridgehead atoms. The molecule has 0 radical (unpaired) electrons. The Hall–Kier alpha value is -1.73. The van der Waals surface area contributed by atoms with Gasteiger partial charge in [-0.2, -0.15) is 0 Å². The summed E-state index contributed by atoms with van der Waals surface area (Å²) in [5.74, 6) is 0.458. The largest absolute Gasteiger partial charge is 0.463 e. The molecular formula is C16H24N4O3. The number of nitrogens with zero attached hydrogens (tertiary/aromatic N) is 4. The summed E-state index contributed by atoms with van der Waals surface area (Å²) in [7, 11) is 3.84. The van der Waals surface area contributed by atoms with Crippen molar-refractivity contribution >= 4 is 5.91 Å². The van der Waals surface area contributed by atoms with E-state index in [-0.39, 0.29) is 24.0 Å². The standard InChI is InChI=1S/C16H24N4O3/c1-19(2)10-14(21)20-8-9-22-15-12(4-5-13(15)20)11-23-16-17-6-3-7-18-16/h3,6-7,12-13,15H,4-5,8-11H2,1-2H3/t12-,13-,15+/m0/s1. The van der Waals surface area contributed by atoms with Crippen molar-refractivity contribution < 1.29 is 14.3 Å². The van der Waals surface area contributed by atoms with Crippen molar-refractivity contribution in [2.24, 2.45) is 5.92 Å². The van der Waals surface area contributed by atoms with Gasteiger partial charge in [-0.25, -0.2) is 9.97 Å². The van der Waals surface area contributed by atoms with Crippen molar-refractivity contribution in [3.05, 3.63) is 18.5 Å². The van der Waals surface area contributed by atoms with E-state index in [0.717, 1.165) is 12.8 Å². The van der Waals surface area contributed by atoms with Crippen molar-refractivity contribution in [1.82, 2.24) is 19.8 Å². The van der Waals surface area contributed by atoms with Gasteiger partial charge in [0.15, 0.2) is 0 Å². The number of morpholine rings is 1. The fourth-order valence-electron chi connectivity index (χ4n) is 3.45. The lowest BCUT2D eigenvalue weighted by Gasteiger charge is -2.39. The Morgan fingerprint density at radius 1 is 1.39 bits per heavy atom. The van der Waals surface area contributed by atoms with Gasteiger partial charge in [0.05, 0.1) is 31.9 Å². The summed E-state index contributed by atoms with van der Waals surface area (Å²) < 4.78 is 11.6. The number of hydrogen-bond acceptors (Lipinski definition) is 6. The number of ether oxygens (including phenoxy) is 2. The fraction of sp³-hybridized carbons (Fsp3) is 0.688. The molecule has 1 aromatic heterocycles. The highest BCUT2D eigenvalue weighted by atomic mass is 16.5. The lowest BCUT2D eigenvalue weighted by Crippen LogP contribution is -2.54. The molecule has 0 spiro atoms. The van der Waals surface area contributed by atoms with Gasteiger partial charge in [0, 0.05) is 24.9 Å². The quantitative estimate of drug-likeness (QED) is 0.783. The van der Waals surface area contributed by atoms with Gasteiger partial charge in [-0.1, -0.05) is 0 Å². The van der Waals surface area contributed by atoms with Gasteiger partial charge in [0.25, 0.3) is 0 Å². The molecule has 1 aliphatic carbocycles. The summed E-state index contributed by atoms with van der Waals surface area (Å²) in [6.07, 6.45) is 5.34. The Labute approximate surface area is 136 Å². The molecule has 7 nitrogen and oxygen atoms in total. The molecular weight excluding hydrogens is 296 g/mol. The first-order valence-electron chi connectivity index (χ1n) is 8.11. The van der Waals surface area contributed by atoms with E-state index in [0.29, 0.717) is 32.3 Å². The average Bonchev–Trinajstić information content (AvgIpc) is 2.96. The molecule has 1 amide bonds. The first-order valence-corrected chi connectivity index (χ1v) is 8.11. The topological polar surface area (TPSA) is 67.8 Å². The smallest absolute Gasteiger partial charge is 0.316 e. The first kappa shape index (κ1) is 16.1. The van der Waals surface area contributed by atoms with Crippen LogP contribution in [0.5, 0.6) is 6.01 Å². The molecule has 3 atom stereocenters. The zero-order valence-electron chi connectivity index (χ0n) is 13.7. The van der Waals surface area contributed by atoms with Gasteiger partial charge in [-0.3, -0.25) is 4.79 Å². The summed E-state index contributed by atoms with van der Waals surface area (Å²) in [6, 6.07) is 2.32. The molecule has 1 aliphatic heterocycles. The predicted octanol–water partition coefficient (Wildman–Crippen LogP) is 0.423. The number of carbonyl (C=O) groups is 1. The second-order valence-electron chi connectivity index (χ2n) is 6.41. The number of rotatable bonds is 5. The van der Waals surface area contributed by atoms with Gasteiger partial charge >= 0.3 is 6.01 Å². The van der Waals surface area contributed by atoms with Crippen molar-refractivity contribution in [3.63, 3.8) is 0 Å². The fourth-order valence-corrected chi connectivity index (χ4v) is 3.45. The molecule has 1 saturated heterocycles. The number of likely N-dealkylation sites (N-methyl/N-ethyl adjacent to an activating group) is 1. The maximum atomic E-state index is 12.4. The summed E-state index contributed by atoms with van der Waals surface area (Å²) in [6.45, 7) is 2.25. The average molecular weight is 320 g/mol. The van der Waals surface area contributed by atoms with E-state index in [9.17, 15) is 4.79 Å². The molecule has 1 aromatic rings. The molecule has 0 unspecified atom stereocenters. The van der Waals surface area contributed by atoms with E-state index >= 15 is 0 Å². The highest BCUT2D eigenvalue weighted by Crippen LogP contribution is 2.35. The number of hydrogen-bond donors (Lipinski definition) is 0. The van der Waals surface area contributed by atoms with Crippen LogP contribution in [0, 0.1) is 5.92 Å². The van der Waals surface area contributed by atoms with Crippen LogP contribution < -0.4 is 4.74 Å². The summed E-state index contributed by atoms with van der Waals surface area (Å²) in [5, 5.41) is 0. The third-order valence-corrected chi connectivity index (χ3v) is 4.46. The number of fused-ring (bicyclic) bond motifs is 1. The predicted molar refractivity (Wildman–Crippen MR) is 84.0 cm³/mol. The Bertz CT molecular complexity index is 525. The van der Waals surface area contributed by atoms with Crippen LogP contribution in [0.15, 0.2) is 18.5 Å². The maximum Gasteiger partial charge on any atom is 0.316 e. The minimum Gasteiger partial charge on any atom is -0.463 e. The zero-order valence-corrected chi connectivity index (χ0v) is 13.7. The van der Waals surface area contributed by atoms with Crippen molar-refractivity contribution in [2.75, 3.05) is 40.4 Å². The molecule has 1 saturated carbocycles. The monoisotopic (exact) mass is 320 g/mol. The molecule has 2 heterocycles. The molecule has 2 fully saturated rings. The molecule has 2 aliphatic rings. The van der Waals surface area contributed by atoms with Crippen LogP contribution in [0.2, 0.25) is 0 Å². The second-order valence-corrected chi connectivity index (χ2v) is 6.41. The van der Waals surface area contributed by atoms with E-state index in [1.54, 1.807) is 18.5 Å². The molecule has 0 N–H and O–H groups in total. The van der Waals surface area contributed by atoms with Crippen LogP contribution >= 0.6 is 0 Å². The zero-order chi connectivity index (χ0) is 16.2. The normalized spacial score (nSPS) is 27.1. The van der Waals surface area contributed by atoms with E-state index < -0.39 is 0 Å². The van der Waals surface area contributed by atoms with Crippen molar-refractivity contribution in [1.29, 1.82) is 0 Å². The Morgan fingerprint density at radius 2 is 2.17 bits per heavy atom. The van der Waals surface area contributed by atoms with Crippen LogP contribution in [-0.4, -0.2) is 78.2 Å². The van der Waals surface area contributed by atoms with Crippen molar-refractivity contribution in [2.45, 2.75) is 25.0 Å². The van der Waals surface area contributed by atoms with Gasteiger partial charge in [-0.15, -0.1) is 0 Å².